The molecule has 4 nitrogen and oxygen atoms in total. The molecule has 1 saturated heterocycles. The number of piperazine rings is 1. The zero-order valence-corrected chi connectivity index (χ0v) is 15.9. The van der Waals surface area contributed by atoms with Gasteiger partial charge in [0.1, 0.15) is 32.7 Å². The molecule has 1 heterocycles. The van der Waals surface area contributed by atoms with Crippen LogP contribution in [0.15, 0.2) is 18.2 Å². The number of fused-ring (bicyclic) bond motifs is 2. The molecule has 1 aromatic rings. The van der Waals surface area contributed by atoms with E-state index >= 15 is 0 Å². The summed E-state index contributed by atoms with van der Waals surface area (Å²) in [6, 6.07) is 7.41. The quantitative estimate of drug-likeness (QED) is 0.788. The maximum Gasteiger partial charge on any atom is 0.161 e. The first-order chi connectivity index (χ1) is 12.3. The van der Waals surface area contributed by atoms with Crippen molar-refractivity contribution in [3.63, 3.8) is 0 Å². The molecule has 0 amide bonds. The Morgan fingerprint density at radius 2 is 1.88 bits per heavy atom. The molecule has 0 radical (unpaired) electrons. The van der Waals surface area contributed by atoms with Crippen LogP contribution in [0.4, 0.5) is 0 Å². The van der Waals surface area contributed by atoms with Crippen molar-refractivity contribution in [3.8, 4) is 11.5 Å². The third-order valence-electron chi connectivity index (χ3n) is 6.84. The van der Waals surface area contributed by atoms with Gasteiger partial charge in [-0.05, 0) is 50.3 Å². The molecular weight excluding hydrogens is 312 g/mol. The minimum absolute atomic E-state index is 0.679. The minimum atomic E-state index is 0.679. The molecule has 4 heteroatoms. The molecule has 0 aromatic heterocycles. The number of nitrogens with one attached hydrogen (secondary N) is 2. The lowest BCUT2D eigenvalue weighted by molar-refractivity contribution is -1.03. The van der Waals surface area contributed by atoms with Crippen molar-refractivity contribution in [2.24, 2.45) is 11.8 Å². The average molecular weight is 347 g/mol. The van der Waals surface area contributed by atoms with Gasteiger partial charge >= 0.3 is 0 Å². The Hall–Kier alpha value is -1.26. The highest BCUT2D eigenvalue weighted by Crippen LogP contribution is 2.43. The summed E-state index contributed by atoms with van der Waals surface area (Å²) in [7, 11) is 1.71. The van der Waals surface area contributed by atoms with Gasteiger partial charge in [0.25, 0.3) is 0 Å². The maximum absolute atomic E-state index is 5.73. The summed E-state index contributed by atoms with van der Waals surface area (Å²) in [5.41, 5.74) is 1.36. The number of benzene rings is 1. The minimum Gasteiger partial charge on any atom is -0.493 e. The van der Waals surface area contributed by atoms with Crippen molar-refractivity contribution in [1.29, 1.82) is 0 Å². The molecule has 3 atom stereocenters. The number of rotatable bonds is 6. The van der Waals surface area contributed by atoms with E-state index in [9.17, 15) is 0 Å². The van der Waals surface area contributed by atoms with Crippen LogP contribution in [0.1, 0.15) is 38.2 Å². The van der Waals surface area contributed by atoms with Crippen molar-refractivity contribution in [2.75, 3.05) is 39.9 Å². The van der Waals surface area contributed by atoms with Crippen LogP contribution in [0.25, 0.3) is 0 Å². The molecule has 25 heavy (non-hydrogen) atoms. The van der Waals surface area contributed by atoms with Crippen molar-refractivity contribution in [1.82, 2.24) is 0 Å². The van der Waals surface area contributed by atoms with Gasteiger partial charge in [-0.15, -0.1) is 0 Å². The number of quaternary nitrogens is 2. The van der Waals surface area contributed by atoms with E-state index < -0.39 is 0 Å². The van der Waals surface area contributed by atoms with Crippen molar-refractivity contribution in [2.45, 2.75) is 45.2 Å². The maximum atomic E-state index is 5.73. The van der Waals surface area contributed by atoms with Crippen molar-refractivity contribution >= 4 is 0 Å². The molecule has 0 unspecified atom stereocenters. The summed E-state index contributed by atoms with van der Waals surface area (Å²) in [5, 5.41) is 0. The van der Waals surface area contributed by atoms with Crippen LogP contribution in [-0.4, -0.2) is 45.9 Å². The zero-order valence-electron chi connectivity index (χ0n) is 15.9. The van der Waals surface area contributed by atoms with Gasteiger partial charge in [-0.3, -0.25) is 0 Å². The number of methoxy groups -OCH3 is 1. The fraction of sp³-hybridized carbons (Fsp3) is 0.714. The molecule has 2 N–H and O–H groups in total. The lowest BCUT2D eigenvalue weighted by atomic mass is 9.93. The van der Waals surface area contributed by atoms with Gasteiger partial charge in [-0.1, -0.05) is 0 Å². The van der Waals surface area contributed by atoms with Crippen LogP contribution in [0.5, 0.6) is 11.5 Å². The zero-order chi connectivity index (χ0) is 17.2. The molecule has 0 spiro atoms. The second-order valence-corrected chi connectivity index (χ2v) is 8.28. The molecule has 2 bridgehead atoms. The van der Waals surface area contributed by atoms with Gasteiger partial charge < -0.3 is 19.3 Å². The number of hydrogen-bond acceptors (Lipinski definition) is 2. The van der Waals surface area contributed by atoms with Crippen LogP contribution in [-0.2, 0) is 6.54 Å². The standard InChI is InChI=1S/C21H32N2O2/c1-3-25-21-14-17(5-7-20(21)24-2)15-22-8-10-23(11-9-22)19-13-16-4-6-18(19)12-16/h5,7,14,16,18-19H,3-4,6,8-13,15H2,1-2H3/p+2/t16-,18+,19-/m0/s1. The van der Waals surface area contributed by atoms with Crippen LogP contribution in [0.3, 0.4) is 0 Å². The summed E-state index contributed by atoms with van der Waals surface area (Å²) in [4.78, 5) is 3.64. The molecule has 2 aliphatic carbocycles. The van der Waals surface area contributed by atoms with Gasteiger partial charge in [-0.2, -0.15) is 0 Å². The normalized spacial score (nSPS) is 34.2. The Balaban J connectivity index is 1.32. The topological polar surface area (TPSA) is 27.3 Å². The van der Waals surface area contributed by atoms with Crippen molar-refractivity contribution < 1.29 is 19.3 Å². The predicted molar refractivity (Wildman–Crippen MR) is 98.5 cm³/mol. The Bertz CT molecular complexity index is 583. The lowest BCUT2D eigenvalue weighted by Crippen LogP contribution is -3.29. The Labute approximate surface area is 152 Å². The van der Waals surface area contributed by atoms with Crippen LogP contribution < -0.4 is 19.3 Å². The van der Waals surface area contributed by atoms with Crippen molar-refractivity contribution in [3.05, 3.63) is 23.8 Å². The van der Waals surface area contributed by atoms with E-state index in [1.807, 2.05) is 11.8 Å². The summed E-state index contributed by atoms with van der Waals surface area (Å²) in [6.45, 7) is 9.13. The Morgan fingerprint density at radius 3 is 2.52 bits per heavy atom. The molecular formula is C21H34N2O2+2. The SMILES string of the molecule is CCOc1cc(C[NH+]2CC[NH+]([C@H]3C[C@H]4CC[C@@H]3C4)CC2)ccc1OC. The van der Waals surface area contributed by atoms with E-state index in [0.717, 1.165) is 35.9 Å². The first-order valence-corrected chi connectivity index (χ1v) is 10.2. The number of ether oxygens (including phenoxy) is 2. The molecule has 1 aromatic carbocycles. The average Bonchev–Trinajstić information content (AvgIpc) is 3.26. The fourth-order valence-corrected chi connectivity index (χ4v) is 5.61. The highest BCUT2D eigenvalue weighted by Gasteiger charge is 2.46. The van der Waals surface area contributed by atoms with E-state index in [1.54, 1.807) is 12.0 Å². The van der Waals surface area contributed by atoms with E-state index in [-0.39, 0.29) is 0 Å². The second-order valence-electron chi connectivity index (χ2n) is 8.28. The molecule has 1 aliphatic heterocycles. The third-order valence-corrected chi connectivity index (χ3v) is 6.84. The van der Waals surface area contributed by atoms with Gasteiger partial charge in [0.05, 0.1) is 19.8 Å². The van der Waals surface area contributed by atoms with Gasteiger partial charge in [-0.25, -0.2) is 0 Å². The van der Waals surface area contributed by atoms with E-state index in [1.165, 1.54) is 57.4 Å². The largest absolute Gasteiger partial charge is 0.493 e. The third kappa shape index (κ3) is 3.65. The van der Waals surface area contributed by atoms with Gasteiger partial charge in [0.2, 0.25) is 0 Å². The molecule has 2 saturated carbocycles. The van der Waals surface area contributed by atoms with Crippen LogP contribution in [0, 0.1) is 11.8 Å². The fourth-order valence-electron chi connectivity index (χ4n) is 5.61. The monoisotopic (exact) mass is 346 g/mol. The summed E-state index contributed by atoms with van der Waals surface area (Å²) in [6.07, 6.45) is 6.09. The lowest BCUT2D eigenvalue weighted by Gasteiger charge is -2.36. The summed E-state index contributed by atoms with van der Waals surface area (Å²) < 4.78 is 11.1. The smallest absolute Gasteiger partial charge is 0.161 e. The molecule has 3 aliphatic rings. The van der Waals surface area contributed by atoms with Crippen LogP contribution in [0.2, 0.25) is 0 Å². The van der Waals surface area contributed by atoms with E-state index in [0.29, 0.717) is 6.61 Å². The predicted octanol–water partition coefficient (Wildman–Crippen LogP) is 0.566. The highest BCUT2D eigenvalue weighted by molar-refractivity contribution is 5.42. The first-order valence-electron chi connectivity index (χ1n) is 10.2. The molecule has 138 valence electrons. The Morgan fingerprint density at radius 1 is 1.04 bits per heavy atom. The summed E-state index contributed by atoms with van der Waals surface area (Å²) >= 11 is 0. The molecule has 4 rings (SSSR count). The van der Waals surface area contributed by atoms with Gasteiger partial charge in [0.15, 0.2) is 11.5 Å². The summed E-state index contributed by atoms with van der Waals surface area (Å²) in [5.74, 6) is 3.85. The highest BCUT2D eigenvalue weighted by atomic mass is 16.5. The van der Waals surface area contributed by atoms with Crippen LogP contribution >= 0.6 is 0 Å². The van der Waals surface area contributed by atoms with E-state index in [4.69, 9.17) is 9.47 Å². The van der Waals surface area contributed by atoms with E-state index in [2.05, 4.69) is 18.2 Å². The second kappa shape index (κ2) is 7.55. The number of hydrogen-bond donors (Lipinski definition) is 2. The van der Waals surface area contributed by atoms with Gasteiger partial charge in [0, 0.05) is 17.9 Å². The first kappa shape index (κ1) is 17.2. The Kier molecular flexibility index (Phi) is 5.18. The molecule has 3 fully saturated rings.